The van der Waals surface area contributed by atoms with E-state index in [1.807, 2.05) is 5.51 Å². The molecule has 0 aromatic carbocycles. The Hall–Kier alpha value is -0.450. The van der Waals surface area contributed by atoms with Gasteiger partial charge in [-0.05, 0) is 45.1 Å². The van der Waals surface area contributed by atoms with E-state index in [4.69, 9.17) is 0 Å². The maximum atomic E-state index is 4.35. The lowest BCUT2D eigenvalue weighted by Gasteiger charge is -2.36. The van der Waals surface area contributed by atoms with Crippen LogP contribution in [0.25, 0.3) is 0 Å². The van der Waals surface area contributed by atoms with Crippen molar-refractivity contribution in [1.29, 1.82) is 0 Å². The van der Waals surface area contributed by atoms with E-state index in [0.717, 1.165) is 25.7 Å². The average Bonchev–Trinajstić information content (AvgIpc) is 3.19. The van der Waals surface area contributed by atoms with Crippen molar-refractivity contribution in [3.8, 4) is 0 Å². The van der Waals surface area contributed by atoms with Crippen molar-refractivity contribution in [3.05, 3.63) is 16.1 Å². The molecule has 20 heavy (non-hydrogen) atoms. The summed E-state index contributed by atoms with van der Waals surface area (Å²) in [5, 5.41) is 3.74. The zero-order chi connectivity index (χ0) is 14.6. The van der Waals surface area contributed by atoms with Crippen molar-refractivity contribution < 1.29 is 0 Å². The summed E-state index contributed by atoms with van der Waals surface area (Å²) in [5.74, 6) is 0. The molecule has 0 bridgehead atoms. The highest BCUT2D eigenvalue weighted by molar-refractivity contribution is 7.09. The Morgan fingerprint density at radius 2 is 2.10 bits per heavy atom. The van der Waals surface area contributed by atoms with E-state index in [9.17, 15) is 0 Å². The molecule has 1 aromatic heterocycles. The number of hydrogen-bond donors (Lipinski definition) is 1. The lowest BCUT2D eigenvalue weighted by Crippen LogP contribution is -2.42. The van der Waals surface area contributed by atoms with Crippen LogP contribution >= 0.6 is 11.3 Å². The van der Waals surface area contributed by atoms with Gasteiger partial charge in [-0.3, -0.25) is 0 Å². The molecule has 1 heterocycles. The molecule has 0 amide bonds. The van der Waals surface area contributed by atoms with E-state index in [1.54, 1.807) is 11.3 Å². The standard InChI is InChI=1S/C16H29N3S/c1-5-16(6-2,10-17-14-7-8-14)11-19(4)9-15-13(3)18-12-20-15/h12,14,17H,5-11H2,1-4H3. The van der Waals surface area contributed by atoms with Gasteiger partial charge in [0.25, 0.3) is 0 Å². The normalized spacial score (nSPS) is 16.1. The van der Waals surface area contributed by atoms with Crippen LogP contribution in [0, 0.1) is 12.3 Å². The van der Waals surface area contributed by atoms with Gasteiger partial charge in [-0.2, -0.15) is 0 Å². The van der Waals surface area contributed by atoms with Gasteiger partial charge >= 0.3 is 0 Å². The predicted molar refractivity (Wildman–Crippen MR) is 87.2 cm³/mol. The Kier molecular flexibility index (Phi) is 5.58. The van der Waals surface area contributed by atoms with Gasteiger partial charge in [0.1, 0.15) is 0 Å². The molecule has 0 spiro atoms. The summed E-state index contributed by atoms with van der Waals surface area (Å²) in [6.07, 6.45) is 5.24. The molecule has 114 valence electrons. The number of nitrogens with zero attached hydrogens (tertiary/aromatic N) is 2. The second-order valence-electron chi connectivity index (χ2n) is 6.40. The number of thiazole rings is 1. The van der Waals surface area contributed by atoms with Gasteiger partial charge in [-0.1, -0.05) is 13.8 Å². The van der Waals surface area contributed by atoms with Crippen molar-refractivity contribution in [1.82, 2.24) is 15.2 Å². The third-order valence-corrected chi connectivity index (χ3v) is 5.63. The minimum absolute atomic E-state index is 0.413. The van der Waals surface area contributed by atoms with E-state index in [-0.39, 0.29) is 0 Å². The Morgan fingerprint density at radius 3 is 2.60 bits per heavy atom. The zero-order valence-corrected chi connectivity index (χ0v) is 14.2. The predicted octanol–water partition coefficient (Wildman–Crippen LogP) is 3.44. The van der Waals surface area contributed by atoms with Crippen molar-refractivity contribution in [2.24, 2.45) is 5.41 Å². The fraction of sp³-hybridized carbons (Fsp3) is 0.812. The molecule has 3 nitrogen and oxygen atoms in total. The molecular weight excluding hydrogens is 266 g/mol. The Morgan fingerprint density at radius 1 is 1.40 bits per heavy atom. The van der Waals surface area contributed by atoms with Gasteiger partial charge in [0.2, 0.25) is 0 Å². The van der Waals surface area contributed by atoms with Gasteiger partial charge in [0, 0.05) is 30.6 Å². The van der Waals surface area contributed by atoms with Crippen LogP contribution < -0.4 is 5.32 Å². The van der Waals surface area contributed by atoms with E-state index in [2.05, 4.69) is 43.0 Å². The molecule has 0 radical (unpaired) electrons. The first kappa shape index (κ1) is 15.9. The van der Waals surface area contributed by atoms with Crippen LogP contribution in [-0.4, -0.2) is 36.1 Å². The minimum atomic E-state index is 0.413. The van der Waals surface area contributed by atoms with Crippen LogP contribution in [0.2, 0.25) is 0 Å². The van der Waals surface area contributed by atoms with Gasteiger partial charge in [-0.15, -0.1) is 11.3 Å². The fourth-order valence-electron chi connectivity index (χ4n) is 2.78. The largest absolute Gasteiger partial charge is 0.313 e. The summed E-state index contributed by atoms with van der Waals surface area (Å²) >= 11 is 1.78. The van der Waals surface area contributed by atoms with E-state index in [0.29, 0.717) is 5.41 Å². The first-order valence-electron chi connectivity index (χ1n) is 7.89. The summed E-state index contributed by atoms with van der Waals surface area (Å²) in [5.41, 5.74) is 3.56. The van der Waals surface area contributed by atoms with Crippen LogP contribution in [0.5, 0.6) is 0 Å². The van der Waals surface area contributed by atoms with Crippen LogP contribution in [0.15, 0.2) is 5.51 Å². The van der Waals surface area contributed by atoms with Gasteiger partial charge in [0.05, 0.1) is 11.2 Å². The second kappa shape index (κ2) is 7.01. The topological polar surface area (TPSA) is 28.2 Å². The zero-order valence-electron chi connectivity index (χ0n) is 13.4. The molecule has 1 aromatic rings. The molecule has 0 aliphatic heterocycles. The van der Waals surface area contributed by atoms with E-state index < -0.39 is 0 Å². The molecule has 1 saturated carbocycles. The van der Waals surface area contributed by atoms with Crippen molar-refractivity contribution in [2.45, 2.75) is 59.0 Å². The highest BCUT2D eigenvalue weighted by atomic mass is 32.1. The van der Waals surface area contributed by atoms with Crippen molar-refractivity contribution >= 4 is 11.3 Å². The average molecular weight is 295 g/mol. The molecule has 1 N–H and O–H groups in total. The number of hydrogen-bond acceptors (Lipinski definition) is 4. The monoisotopic (exact) mass is 295 g/mol. The number of rotatable bonds is 9. The first-order chi connectivity index (χ1) is 9.58. The summed E-state index contributed by atoms with van der Waals surface area (Å²) in [7, 11) is 2.25. The van der Waals surface area contributed by atoms with E-state index in [1.165, 1.54) is 36.3 Å². The molecule has 2 rings (SSSR count). The SMILES string of the molecule is CCC(CC)(CNC1CC1)CN(C)Cc1scnc1C. The lowest BCUT2D eigenvalue weighted by molar-refractivity contribution is 0.151. The number of nitrogens with one attached hydrogen (secondary N) is 1. The van der Waals surface area contributed by atoms with Crippen molar-refractivity contribution in [2.75, 3.05) is 20.1 Å². The summed E-state index contributed by atoms with van der Waals surface area (Å²) in [6.45, 7) is 10.1. The van der Waals surface area contributed by atoms with Gasteiger partial charge in [0.15, 0.2) is 0 Å². The fourth-order valence-corrected chi connectivity index (χ4v) is 3.64. The van der Waals surface area contributed by atoms with Crippen LogP contribution in [0.3, 0.4) is 0 Å². The maximum Gasteiger partial charge on any atom is 0.0798 e. The van der Waals surface area contributed by atoms with Crippen LogP contribution in [0.1, 0.15) is 50.1 Å². The molecule has 1 aliphatic rings. The van der Waals surface area contributed by atoms with Gasteiger partial charge < -0.3 is 10.2 Å². The Labute approximate surface area is 127 Å². The second-order valence-corrected chi connectivity index (χ2v) is 7.33. The molecule has 0 unspecified atom stereocenters. The van der Waals surface area contributed by atoms with E-state index >= 15 is 0 Å². The van der Waals surface area contributed by atoms with Crippen molar-refractivity contribution in [3.63, 3.8) is 0 Å². The molecule has 0 atom stereocenters. The van der Waals surface area contributed by atoms with Gasteiger partial charge in [-0.25, -0.2) is 4.98 Å². The Bertz CT molecular complexity index is 408. The summed E-state index contributed by atoms with van der Waals surface area (Å²) in [6, 6.07) is 0.807. The maximum absolute atomic E-state index is 4.35. The number of aromatic nitrogens is 1. The molecular formula is C16H29N3S. The number of aryl methyl sites for hydroxylation is 1. The molecule has 1 fully saturated rings. The highest BCUT2D eigenvalue weighted by Crippen LogP contribution is 2.29. The quantitative estimate of drug-likeness (QED) is 0.756. The molecule has 4 heteroatoms. The summed E-state index contributed by atoms with van der Waals surface area (Å²) in [4.78, 5) is 8.23. The van der Waals surface area contributed by atoms with Crippen LogP contribution in [0.4, 0.5) is 0 Å². The third-order valence-electron chi connectivity index (χ3n) is 4.71. The summed E-state index contributed by atoms with van der Waals surface area (Å²) < 4.78 is 0. The lowest BCUT2D eigenvalue weighted by atomic mass is 9.81. The molecule has 1 aliphatic carbocycles. The molecule has 0 saturated heterocycles. The Balaban J connectivity index is 1.90. The smallest absolute Gasteiger partial charge is 0.0798 e. The minimum Gasteiger partial charge on any atom is -0.313 e. The van der Waals surface area contributed by atoms with Crippen LogP contribution in [-0.2, 0) is 6.54 Å². The third kappa shape index (κ3) is 4.27. The first-order valence-corrected chi connectivity index (χ1v) is 8.77. The highest BCUT2D eigenvalue weighted by Gasteiger charge is 2.31.